The summed E-state index contributed by atoms with van der Waals surface area (Å²) in [5.74, 6) is 0.349. The Balaban J connectivity index is 2.05. The molecule has 0 saturated heterocycles. The lowest BCUT2D eigenvalue weighted by molar-refractivity contribution is 0.181. The van der Waals surface area contributed by atoms with Gasteiger partial charge in [0, 0.05) is 30.8 Å². The third-order valence-corrected chi connectivity index (χ3v) is 4.70. The lowest BCUT2D eigenvalue weighted by atomic mass is 10.1. The van der Waals surface area contributed by atoms with E-state index < -0.39 is 0 Å². The zero-order valence-corrected chi connectivity index (χ0v) is 16.2. The molecule has 0 aliphatic heterocycles. The maximum atomic E-state index is 13.8. The van der Waals surface area contributed by atoms with Crippen molar-refractivity contribution in [3.05, 3.63) is 71.1 Å². The topological polar surface area (TPSA) is 51.5 Å². The Morgan fingerprint density at radius 2 is 1.89 bits per heavy atom. The first-order valence-electron chi connectivity index (χ1n) is 8.72. The fourth-order valence-corrected chi connectivity index (χ4v) is 3.32. The van der Waals surface area contributed by atoms with Crippen LogP contribution >= 0.6 is 11.6 Å². The smallest absolute Gasteiger partial charge is 0.166 e. The van der Waals surface area contributed by atoms with Gasteiger partial charge in [-0.15, -0.1) is 0 Å². The average Bonchev–Trinajstić information content (AvgIpc) is 3.06. The third-order valence-electron chi connectivity index (χ3n) is 4.45. The van der Waals surface area contributed by atoms with Crippen molar-refractivity contribution in [3.8, 4) is 22.4 Å². The maximum absolute atomic E-state index is 13.8. The van der Waals surface area contributed by atoms with E-state index in [0.29, 0.717) is 28.7 Å². The first kappa shape index (κ1) is 18.4. The monoisotopic (exact) mass is 396 g/mol. The molecule has 0 fully saturated rings. The van der Waals surface area contributed by atoms with Crippen LogP contribution in [0.15, 0.2) is 54.6 Å². The maximum Gasteiger partial charge on any atom is 0.166 e. The minimum atomic E-state index is -0.310. The number of anilines is 1. The number of nitrogens with one attached hydrogen (secondary N) is 1. The highest BCUT2D eigenvalue weighted by Crippen LogP contribution is 2.33. The second-order valence-corrected chi connectivity index (χ2v) is 6.72. The molecular formula is C21H18ClFN4O. The Hall–Kier alpha value is -2.96. The Bertz CT molecular complexity index is 1140. The molecule has 5 nitrogen and oxygen atoms in total. The van der Waals surface area contributed by atoms with Crippen molar-refractivity contribution in [2.75, 3.05) is 19.5 Å². The molecule has 28 heavy (non-hydrogen) atoms. The van der Waals surface area contributed by atoms with Crippen LogP contribution in [0.5, 0.6) is 0 Å². The number of hydrogen-bond acceptors (Lipinski definition) is 4. The molecule has 0 aliphatic carbocycles. The van der Waals surface area contributed by atoms with Crippen LogP contribution in [0, 0.1) is 5.82 Å². The summed E-state index contributed by atoms with van der Waals surface area (Å²) >= 11 is 6.05. The molecule has 4 aromatic rings. The molecule has 0 atom stereocenters. The number of aromatic nitrogens is 3. The van der Waals surface area contributed by atoms with E-state index in [9.17, 15) is 4.39 Å². The molecule has 7 heteroatoms. The summed E-state index contributed by atoms with van der Waals surface area (Å²) in [7, 11) is 3.41. The lowest BCUT2D eigenvalue weighted by Crippen LogP contribution is -2.01. The van der Waals surface area contributed by atoms with Crippen molar-refractivity contribution in [2.45, 2.75) is 6.61 Å². The highest BCUT2D eigenvalue weighted by molar-refractivity contribution is 6.30. The molecule has 2 aromatic carbocycles. The first-order chi connectivity index (χ1) is 13.6. The van der Waals surface area contributed by atoms with E-state index in [1.54, 1.807) is 24.7 Å². The van der Waals surface area contributed by atoms with Crippen LogP contribution in [0.4, 0.5) is 10.2 Å². The van der Waals surface area contributed by atoms with Crippen molar-refractivity contribution < 1.29 is 9.13 Å². The zero-order valence-electron chi connectivity index (χ0n) is 15.4. The zero-order chi connectivity index (χ0) is 19.7. The van der Waals surface area contributed by atoms with Crippen LogP contribution in [0.3, 0.4) is 0 Å². The van der Waals surface area contributed by atoms with Crippen molar-refractivity contribution in [2.24, 2.45) is 0 Å². The fourth-order valence-electron chi connectivity index (χ4n) is 3.19. The SMILES string of the molecule is CNc1cc(-c2cccc(F)c2)n2nc(COC)c(-c3ccc(Cl)cc3)c2n1. The second-order valence-electron chi connectivity index (χ2n) is 6.28. The molecule has 0 unspecified atom stereocenters. The summed E-state index contributed by atoms with van der Waals surface area (Å²) in [6.07, 6.45) is 0. The second kappa shape index (κ2) is 7.58. The normalized spacial score (nSPS) is 11.1. The molecule has 0 spiro atoms. The predicted octanol–water partition coefficient (Wildman–Crippen LogP) is 5.04. The van der Waals surface area contributed by atoms with Gasteiger partial charge in [0.2, 0.25) is 0 Å². The number of methoxy groups -OCH3 is 1. The number of hydrogen-bond donors (Lipinski definition) is 1. The Kier molecular flexibility index (Phi) is 4.98. The summed E-state index contributed by atoms with van der Waals surface area (Å²) < 4.78 is 20.9. The van der Waals surface area contributed by atoms with Crippen LogP contribution in [-0.4, -0.2) is 28.8 Å². The van der Waals surface area contributed by atoms with Crippen molar-refractivity contribution >= 4 is 23.1 Å². The largest absolute Gasteiger partial charge is 0.378 e. The van der Waals surface area contributed by atoms with Crippen LogP contribution in [0.1, 0.15) is 5.69 Å². The highest BCUT2D eigenvalue weighted by atomic mass is 35.5. The quantitative estimate of drug-likeness (QED) is 0.513. The van der Waals surface area contributed by atoms with E-state index in [1.165, 1.54) is 12.1 Å². The number of fused-ring (bicyclic) bond motifs is 1. The van der Waals surface area contributed by atoms with Gasteiger partial charge in [-0.05, 0) is 29.8 Å². The fraction of sp³-hybridized carbons (Fsp3) is 0.143. The van der Waals surface area contributed by atoms with Gasteiger partial charge in [0.25, 0.3) is 0 Å². The molecule has 0 bridgehead atoms. The number of nitrogens with zero attached hydrogens (tertiary/aromatic N) is 3. The molecule has 0 aliphatic rings. The van der Waals surface area contributed by atoms with E-state index in [0.717, 1.165) is 22.5 Å². The number of benzene rings is 2. The van der Waals surface area contributed by atoms with Crippen molar-refractivity contribution in [1.82, 2.24) is 14.6 Å². The Morgan fingerprint density at radius 1 is 1.11 bits per heavy atom. The highest BCUT2D eigenvalue weighted by Gasteiger charge is 2.20. The molecule has 4 rings (SSSR count). The van der Waals surface area contributed by atoms with Gasteiger partial charge in [-0.1, -0.05) is 35.9 Å². The molecule has 1 N–H and O–H groups in total. The van der Waals surface area contributed by atoms with Crippen molar-refractivity contribution in [1.29, 1.82) is 0 Å². The van der Waals surface area contributed by atoms with Gasteiger partial charge in [0.15, 0.2) is 5.65 Å². The van der Waals surface area contributed by atoms with E-state index in [1.807, 2.05) is 36.4 Å². The number of halogens is 2. The summed E-state index contributed by atoms with van der Waals surface area (Å²) in [6, 6.07) is 15.8. The third kappa shape index (κ3) is 3.32. The van der Waals surface area contributed by atoms with Gasteiger partial charge in [0.1, 0.15) is 11.6 Å². The molecular weight excluding hydrogens is 379 g/mol. The van der Waals surface area contributed by atoms with Crippen LogP contribution in [0.25, 0.3) is 28.0 Å². The van der Waals surface area contributed by atoms with Gasteiger partial charge >= 0.3 is 0 Å². The summed E-state index contributed by atoms with van der Waals surface area (Å²) in [5, 5.41) is 8.45. The molecule has 0 radical (unpaired) electrons. The van der Waals surface area contributed by atoms with Gasteiger partial charge in [-0.3, -0.25) is 0 Å². The minimum absolute atomic E-state index is 0.310. The van der Waals surface area contributed by atoms with Crippen LogP contribution < -0.4 is 5.32 Å². The first-order valence-corrected chi connectivity index (χ1v) is 9.09. The average molecular weight is 397 g/mol. The van der Waals surface area contributed by atoms with Gasteiger partial charge in [-0.2, -0.15) is 5.10 Å². The van der Waals surface area contributed by atoms with E-state index in [-0.39, 0.29) is 5.82 Å². The Morgan fingerprint density at radius 3 is 2.57 bits per heavy atom. The van der Waals surface area contributed by atoms with Gasteiger partial charge < -0.3 is 10.1 Å². The van der Waals surface area contributed by atoms with Crippen molar-refractivity contribution in [3.63, 3.8) is 0 Å². The van der Waals surface area contributed by atoms with Crippen LogP contribution in [0.2, 0.25) is 5.02 Å². The predicted molar refractivity (Wildman–Crippen MR) is 109 cm³/mol. The van der Waals surface area contributed by atoms with Gasteiger partial charge in [-0.25, -0.2) is 13.9 Å². The molecule has 2 heterocycles. The molecule has 0 amide bonds. The van der Waals surface area contributed by atoms with E-state index in [2.05, 4.69) is 5.32 Å². The van der Waals surface area contributed by atoms with Gasteiger partial charge in [0.05, 0.1) is 23.6 Å². The lowest BCUT2D eigenvalue weighted by Gasteiger charge is -2.09. The summed E-state index contributed by atoms with van der Waals surface area (Å²) in [6.45, 7) is 0.318. The number of ether oxygens (including phenoxy) is 1. The standard InChI is InChI=1S/C21H18ClFN4O/c1-24-19-11-18(14-4-3-5-16(23)10-14)27-21(25-19)20(17(26-27)12-28-2)13-6-8-15(22)9-7-13/h3-11H,12H2,1-2H3,(H,24,25). The van der Waals surface area contributed by atoms with Crippen LogP contribution in [-0.2, 0) is 11.3 Å². The molecule has 142 valence electrons. The van der Waals surface area contributed by atoms with E-state index in [4.69, 9.17) is 26.4 Å². The number of rotatable bonds is 5. The summed E-state index contributed by atoms with van der Waals surface area (Å²) in [4.78, 5) is 4.71. The summed E-state index contributed by atoms with van der Waals surface area (Å²) in [5.41, 5.74) is 4.61. The Labute approximate surface area is 166 Å². The minimum Gasteiger partial charge on any atom is -0.378 e. The molecule has 2 aromatic heterocycles. The van der Waals surface area contributed by atoms with E-state index >= 15 is 0 Å². The molecule has 0 saturated carbocycles.